The third kappa shape index (κ3) is 4.24. The number of rotatable bonds is 6. The molecule has 3 N–H and O–H groups in total. The van der Waals surface area contributed by atoms with Crippen molar-refractivity contribution in [3.8, 4) is 5.82 Å². The number of aromatic nitrogens is 4. The number of nitrogens with zero attached hydrogens (tertiary/aromatic N) is 4. The molecule has 1 aromatic carbocycles. The molecule has 4 rings (SSSR count). The molecule has 0 radical (unpaired) electrons. The number of benzene rings is 1. The number of anilines is 1. The van der Waals surface area contributed by atoms with Gasteiger partial charge in [0.15, 0.2) is 5.82 Å². The van der Waals surface area contributed by atoms with Crippen LogP contribution in [0.4, 0.5) is 5.95 Å². The van der Waals surface area contributed by atoms with Gasteiger partial charge in [0.05, 0.1) is 11.7 Å². The molecule has 1 aliphatic rings. The zero-order valence-electron chi connectivity index (χ0n) is 16.7. The number of fused-ring (bicyclic) bond motifs is 1. The van der Waals surface area contributed by atoms with Gasteiger partial charge in [-0.25, -0.2) is 9.67 Å². The first-order chi connectivity index (χ1) is 14.5. The molecule has 9 heteroatoms. The van der Waals surface area contributed by atoms with Crippen molar-refractivity contribution in [3.63, 3.8) is 0 Å². The second-order valence-electron chi connectivity index (χ2n) is 7.53. The summed E-state index contributed by atoms with van der Waals surface area (Å²) in [6.07, 6.45) is 6.35. The van der Waals surface area contributed by atoms with E-state index in [-0.39, 0.29) is 12.1 Å². The van der Waals surface area contributed by atoms with Crippen molar-refractivity contribution in [1.29, 1.82) is 0 Å². The summed E-state index contributed by atoms with van der Waals surface area (Å²) in [5.41, 5.74) is 6.14. The van der Waals surface area contributed by atoms with E-state index in [4.69, 9.17) is 10.5 Å². The molecule has 2 heterocycles. The average molecular weight is 408 g/mol. The summed E-state index contributed by atoms with van der Waals surface area (Å²) in [5.74, 6) is -0.916. The smallest absolute Gasteiger partial charge is 0.318 e. The summed E-state index contributed by atoms with van der Waals surface area (Å²) in [6, 6.07) is 9.95. The molecule has 2 aromatic heterocycles. The molecule has 30 heavy (non-hydrogen) atoms. The number of hydrogen-bond acceptors (Lipinski definition) is 7. The fraction of sp³-hybridized carbons (Fsp3) is 0.381. The Bertz CT molecular complexity index is 1060. The van der Waals surface area contributed by atoms with Gasteiger partial charge in [-0.3, -0.25) is 9.59 Å². The summed E-state index contributed by atoms with van der Waals surface area (Å²) in [5, 5.41) is 8.85. The van der Waals surface area contributed by atoms with Gasteiger partial charge in [0.1, 0.15) is 12.0 Å². The molecule has 3 aromatic rings. The minimum Gasteiger partial charge on any atom is -0.462 e. The van der Waals surface area contributed by atoms with Crippen LogP contribution in [0.2, 0.25) is 0 Å². The van der Waals surface area contributed by atoms with Crippen LogP contribution in [0.25, 0.3) is 16.7 Å². The number of nitrogens with one attached hydrogen (secondary N) is 1. The van der Waals surface area contributed by atoms with Crippen molar-refractivity contribution < 1.29 is 14.3 Å². The van der Waals surface area contributed by atoms with Crippen molar-refractivity contribution in [2.45, 2.75) is 44.8 Å². The molecule has 1 unspecified atom stereocenters. The van der Waals surface area contributed by atoms with Crippen LogP contribution in [-0.4, -0.2) is 43.8 Å². The molecular formula is C21H24N6O3. The molecule has 1 fully saturated rings. The first-order valence-corrected chi connectivity index (χ1v) is 10.0. The molecule has 1 saturated carbocycles. The van der Waals surface area contributed by atoms with Crippen molar-refractivity contribution in [2.75, 3.05) is 5.32 Å². The number of amides is 1. The molecule has 1 atom stereocenters. The first kappa shape index (κ1) is 19.8. The number of primary amides is 1. The van der Waals surface area contributed by atoms with Gasteiger partial charge in [-0.15, -0.1) is 0 Å². The minimum atomic E-state index is -0.921. The number of para-hydroxylation sites is 1. The summed E-state index contributed by atoms with van der Waals surface area (Å²) < 4.78 is 7.20. The molecule has 0 spiro atoms. The van der Waals surface area contributed by atoms with Crippen LogP contribution in [-0.2, 0) is 14.3 Å². The van der Waals surface area contributed by atoms with Crippen LogP contribution in [0.3, 0.4) is 0 Å². The SMILES string of the molecule is CC(C(N)=O)C(=O)OC1CCC(Nc2nccc(-n3ncc4ccccc43)n2)CC1. The maximum atomic E-state index is 11.9. The third-order valence-electron chi connectivity index (χ3n) is 5.41. The zero-order valence-corrected chi connectivity index (χ0v) is 16.7. The van der Waals surface area contributed by atoms with E-state index in [2.05, 4.69) is 20.4 Å². The van der Waals surface area contributed by atoms with Crippen molar-refractivity contribution >= 4 is 28.7 Å². The van der Waals surface area contributed by atoms with Gasteiger partial charge in [-0.1, -0.05) is 18.2 Å². The quantitative estimate of drug-likeness (QED) is 0.473. The Labute approximate surface area is 173 Å². The maximum Gasteiger partial charge on any atom is 0.318 e. The lowest BCUT2D eigenvalue weighted by molar-refractivity contribution is -0.157. The molecule has 1 aliphatic carbocycles. The van der Waals surface area contributed by atoms with E-state index in [1.54, 1.807) is 10.9 Å². The largest absolute Gasteiger partial charge is 0.462 e. The van der Waals surface area contributed by atoms with Gasteiger partial charge in [-0.2, -0.15) is 10.1 Å². The lowest BCUT2D eigenvalue weighted by Crippen LogP contribution is -2.35. The van der Waals surface area contributed by atoms with E-state index < -0.39 is 17.8 Å². The Balaban J connectivity index is 1.37. The number of carbonyl (C=O) groups is 2. The fourth-order valence-electron chi connectivity index (χ4n) is 3.58. The van der Waals surface area contributed by atoms with Crippen LogP contribution in [0, 0.1) is 5.92 Å². The van der Waals surface area contributed by atoms with Gasteiger partial charge in [-0.05, 0) is 38.7 Å². The molecule has 0 aliphatic heterocycles. The molecule has 0 saturated heterocycles. The Kier molecular flexibility index (Phi) is 5.60. The molecular weight excluding hydrogens is 384 g/mol. The van der Waals surface area contributed by atoms with Crippen LogP contribution in [0.15, 0.2) is 42.7 Å². The van der Waals surface area contributed by atoms with Gasteiger partial charge >= 0.3 is 5.97 Å². The highest BCUT2D eigenvalue weighted by molar-refractivity contribution is 5.96. The predicted molar refractivity (Wildman–Crippen MR) is 111 cm³/mol. The van der Waals surface area contributed by atoms with Crippen LogP contribution >= 0.6 is 0 Å². The monoisotopic (exact) mass is 408 g/mol. The second kappa shape index (κ2) is 8.48. The van der Waals surface area contributed by atoms with Gasteiger partial charge < -0.3 is 15.8 Å². The molecule has 156 valence electrons. The Morgan fingerprint density at radius 3 is 2.73 bits per heavy atom. The van der Waals surface area contributed by atoms with Crippen molar-refractivity contribution in [1.82, 2.24) is 19.7 Å². The fourth-order valence-corrected chi connectivity index (χ4v) is 3.58. The van der Waals surface area contributed by atoms with Crippen molar-refractivity contribution in [3.05, 3.63) is 42.7 Å². The number of ether oxygens (including phenoxy) is 1. The summed E-state index contributed by atoms with van der Waals surface area (Å²) >= 11 is 0. The average Bonchev–Trinajstić information content (AvgIpc) is 3.19. The Morgan fingerprint density at radius 2 is 1.97 bits per heavy atom. The van der Waals surface area contributed by atoms with E-state index in [1.807, 2.05) is 36.5 Å². The van der Waals surface area contributed by atoms with E-state index in [0.717, 1.165) is 23.7 Å². The predicted octanol–water partition coefficient (Wildman–Crippen LogP) is 2.20. The van der Waals surface area contributed by atoms with Gasteiger partial charge in [0.2, 0.25) is 11.9 Å². The normalized spacial score (nSPS) is 19.9. The number of hydrogen-bond donors (Lipinski definition) is 2. The highest BCUT2D eigenvalue weighted by atomic mass is 16.5. The van der Waals surface area contributed by atoms with Crippen LogP contribution in [0.1, 0.15) is 32.6 Å². The van der Waals surface area contributed by atoms with E-state index >= 15 is 0 Å². The van der Waals surface area contributed by atoms with E-state index in [0.29, 0.717) is 24.6 Å². The third-order valence-corrected chi connectivity index (χ3v) is 5.41. The Hall–Kier alpha value is -3.49. The highest BCUT2D eigenvalue weighted by Gasteiger charge is 2.28. The topological polar surface area (TPSA) is 125 Å². The number of esters is 1. The Morgan fingerprint density at radius 1 is 1.20 bits per heavy atom. The lowest BCUT2D eigenvalue weighted by Gasteiger charge is -2.29. The van der Waals surface area contributed by atoms with Crippen LogP contribution in [0.5, 0.6) is 0 Å². The number of nitrogens with two attached hydrogens (primary N) is 1. The lowest BCUT2D eigenvalue weighted by atomic mass is 9.93. The summed E-state index contributed by atoms with van der Waals surface area (Å²) in [4.78, 5) is 32.0. The van der Waals surface area contributed by atoms with Gasteiger partial charge in [0, 0.05) is 23.7 Å². The van der Waals surface area contributed by atoms with Crippen LogP contribution < -0.4 is 11.1 Å². The second-order valence-corrected chi connectivity index (χ2v) is 7.53. The molecule has 9 nitrogen and oxygen atoms in total. The van der Waals surface area contributed by atoms with Gasteiger partial charge in [0.25, 0.3) is 0 Å². The molecule has 0 bridgehead atoms. The number of carbonyl (C=O) groups excluding carboxylic acids is 2. The maximum absolute atomic E-state index is 11.9. The van der Waals surface area contributed by atoms with E-state index in [1.165, 1.54) is 6.92 Å². The summed E-state index contributed by atoms with van der Waals surface area (Å²) in [6.45, 7) is 1.46. The van der Waals surface area contributed by atoms with E-state index in [9.17, 15) is 9.59 Å². The zero-order chi connectivity index (χ0) is 21.1. The standard InChI is InChI=1S/C21H24N6O3/c1-13(19(22)28)20(29)30-16-8-6-15(7-9-16)25-21-23-11-10-18(26-21)27-17-5-3-2-4-14(17)12-24-27/h2-5,10-13,15-16H,6-9H2,1H3,(H2,22,28)(H,23,25,26). The minimum absolute atomic E-state index is 0.179. The molecule has 1 amide bonds. The first-order valence-electron chi connectivity index (χ1n) is 10.0. The summed E-state index contributed by atoms with van der Waals surface area (Å²) in [7, 11) is 0. The highest BCUT2D eigenvalue weighted by Crippen LogP contribution is 2.24. The van der Waals surface area contributed by atoms with Crippen molar-refractivity contribution in [2.24, 2.45) is 11.7 Å².